The molecule has 17 heavy (non-hydrogen) atoms. The molecule has 3 heteroatoms. The first-order chi connectivity index (χ1) is 8.31. The Labute approximate surface area is 99.1 Å². The maximum absolute atomic E-state index is 5.73. The Morgan fingerprint density at radius 3 is 2.47 bits per heavy atom. The third kappa shape index (κ3) is 1.95. The molecule has 2 aromatic heterocycles. The minimum atomic E-state index is 0.734. The second kappa shape index (κ2) is 3.87. The predicted octanol–water partition coefficient (Wildman–Crippen LogP) is 3.31. The van der Waals surface area contributed by atoms with Crippen molar-refractivity contribution in [1.82, 2.24) is 4.40 Å². The highest BCUT2D eigenvalue weighted by molar-refractivity contribution is 5.50. The van der Waals surface area contributed by atoms with Crippen LogP contribution in [0.5, 0.6) is 11.5 Å². The average Bonchev–Trinajstić information content (AvgIpc) is 2.79. The summed E-state index contributed by atoms with van der Waals surface area (Å²) in [7, 11) is 0. The molecule has 3 nitrogen and oxygen atoms in total. The molecule has 0 atom stereocenters. The Hall–Kier alpha value is -2.42. The zero-order valence-corrected chi connectivity index (χ0v) is 9.21. The van der Waals surface area contributed by atoms with Crippen LogP contribution in [0.3, 0.4) is 0 Å². The van der Waals surface area contributed by atoms with Crippen molar-refractivity contribution in [2.45, 2.75) is 0 Å². The fourth-order valence-electron chi connectivity index (χ4n) is 1.75. The number of hydrogen-bond donors (Lipinski definition) is 1. The van der Waals surface area contributed by atoms with Gasteiger partial charge in [0.15, 0.2) is 0 Å². The Kier molecular flexibility index (Phi) is 2.22. The molecule has 0 aliphatic rings. The van der Waals surface area contributed by atoms with Gasteiger partial charge in [0.1, 0.15) is 11.5 Å². The highest BCUT2D eigenvalue weighted by atomic mass is 16.5. The summed E-state index contributed by atoms with van der Waals surface area (Å²) in [6.07, 6.45) is 3.94. The lowest BCUT2D eigenvalue weighted by Crippen LogP contribution is -1.88. The van der Waals surface area contributed by atoms with Gasteiger partial charge in [0.25, 0.3) is 0 Å². The molecule has 2 N–H and O–H groups in total. The summed E-state index contributed by atoms with van der Waals surface area (Å²) in [6.45, 7) is 0. The molecule has 0 aliphatic heterocycles. The molecule has 0 aliphatic carbocycles. The minimum Gasteiger partial charge on any atom is -0.456 e. The van der Waals surface area contributed by atoms with Crippen LogP contribution >= 0.6 is 0 Å². The molecule has 0 unspecified atom stereocenters. The Morgan fingerprint density at radius 1 is 0.882 bits per heavy atom. The molecule has 0 spiro atoms. The summed E-state index contributed by atoms with van der Waals surface area (Å²) >= 11 is 0. The molecule has 3 aromatic rings. The lowest BCUT2D eigenvalue weighted by molar-refractivity contribution is 0.480. The van der Waals surface area contributed by atoms with Gasteiger partial charge < -0.3 is 14.9 Å². The Morgan fingerprint density at radius 2 is 1.65 bits per heavy atom. The summed E-state index contributed by atoms with van der Waals surface area (Å²) in [6, 6.07) is 15.4. The highest BCUT2D eigenvalue weighted by Gasteiger charge is 1.98. The molecular weight excluding hydrogens is 212 g/mol. The first kappa shape index (κ1) is 9.78. The van der Waals surface area contributed by atoms with Gasteiger partial charge in [0, 0.05) is 17.4 Å². The van der Waals surface area contributed by atoms with Crippen molar-refractivity contribution >= 4 is 11.2 Å². The van der Waals surface area contributed by atoms with Crippen molar-refractivity contribution < 1.29 is 4.74 Å². The van der Waals surface area contributed by atoms with E-state index in [9.17, 15) is 0 Å². The highest BCUT2D eigenvalue weighted by Crippen LogP contribution is 2.22. The number of nitrogens with two attached hydrogens (primary N) is 1. The van der Waals surface area contributed by atoms with Crippen LogP contribution in [-0.2, 0) is 0 Å². The van der Waals surface area contributed by atoms with Gasteiger partial charge in [0.2, 0.25) is 0 Å². The van der Waals surface area contributed by atoms with E-state index in [4.69, 9.17) is 10.5 Å². The van der Waals surface area contributed by atoms with Gasteiger partial charge >= 0.3 is 0 Å². The summed E-state index contributed by atoms with van der Waals surface area (Å²) < 4.78 is 7.75. The van der Waals surface area contributed by atoms with Crippen LogP contribution in [0.25, 0.3) is 5.52 Å². The van der Waals surface area contributed by atoms with Crippen LogP contribution in [0.1, 0.15) is 0 Å². The van der Waals surface area contributed by atoms with E-state index in [2.05, 4.69) is 0 Å². The van der Waals surface area contributed by atoms with E-state index in [1.807, 2.05) is 65.3 Å². The molecule has 2 heterocycles. The topological polar surface area (TPSA) is 39.7 Å². The van der Waals surface area contributed by atoms with Crippen LogP contribution in [-0.4, -0.2) is 4.40 Å². The third-order valence-electron chi connectivity index (χ3n) is 2.61. The van der Waals surface area contributed by atoms with E-state index in [0.29, 0.717) is 0 Å². The molecule has 0 bridgehead atoms. The summed E-state index contributed by atoms with van der Waals surface area (Å²) in [5.41, 5.74) is 7.50. The van der Waals surface area contributed by atoms with Gasteiger partial charge in [0.05, 0.1) is 6.20 Å². The number of aromatic nitrogens is 1. The Bertz CT molecular complexity index is 641. The van der Waals surface area contributed by atoms with Gasteiger partial charge in [-0.25, -0.2) is 0 Å². The number of fused-ring (bicyclic) bond motifs is 1. The second-order valence-corrected chi connectivity index (χ2v) is 3.88. The van der Waals surface area contributed by atoms with Crippen LogP contribution in [0.15, 0.2) is 60.9 Å². The van der Waals surface area contributed by atoms with Gasteiger partial charge in [-0.15, -0.1) is 0 Å². The van der Waals surface area contributed by atoms with Crippen LogP contribution in [0.4, 0.5) is 5.69 Å². The van der Waals surface area contributed by atoms with Gasteiger partial charge in [-0.3, -0.25) is 0 Å². The molecule has 84 valence electrons. The maximum Gasteiger partial charge on any atom is 0.144 e. The number of ether oxygens (including phenoxy) is 1. The standard InChI is InChI=1S/C14H12N2O/c15-11-3-6-13(7-4-11)17-14-8-5-12-2-1-9-16(12)10-14/h1-10H,15H2. The molecule has 3 rings (SSSR count). The zero-order valence-electron chi connectivity index (χ0n) is 9.21. The molecule has 0 fully saturated rings. The quantitative estimate of drug-likeness (QED) is 0.678. The average molecular weight is 224 g/mol. The van der Waals surface area contributed by atoms with E-state index in [0.717, 1.165) is 22.7 Å². The van der Waals surface area contributed by atoms with E-state index in [1.165, 1.54) is 0 Å². The normalized spacial score (nSPS) is 10.6. The van der Waals surface area contributed by atoms with Crippen LogP contribution in [0.2, 0.25) is 0 Å². The number of pyridine rings is 1. The second-order valence-electron chi connectivity index (χ2n) is 3.88. The number of anilines is 1. The van der Waals surface area contributed by atoms with Crippen molar-refractivity contribution in [1.29, 1.82) is 0 Å². The summed E-state index contributed by atoms with van der Waals surface area (Å²) in [5.74, 6) is 1.59. The maximum atomic E-state index is 5.73. The molecule has 1 aromatic carbocycles. The fourth-order valence-corrected chi connectivity index (χ4v) is 1.75. The number of benzene rings is 1. The first-order valence-electron chi connectivity index (χ1n) is 5.41. The number of hydrogen-bond acceptors (Lipinski definition) is 2. The van der Waals surface area contributed by atoms with Crippen molar-refractivity contribution in [2.24, 2.45) is 0 Å². The van der Waals surface area contributed by atoms with E-state index < -0.39 is 0 Å². The predicted molar refractivity (Wildman–Crippen MR) is 68.3 cm³/mol. The van der Waals surface area contributed by atoms with Crippen LogP contribution in [0, 0.1) is 0 Å². The zero-order chi connectivity index (χ0) is 11.7. The number of nitrogen functional groups attached to an aromatic ring is 1. The lowest BCUT2D eigenvalue weighted by atomic mass is 10.3. The van der Waals surface area contributed by atoms with Crippen molar-refractivity contribution in [3.63, 3.8) is 0 Å². The first-order valence-corrected chi connectivity index (χ1v) is 5.41. The van der Waals surface area contributed by atoms with E-state index in [-0.39, 0.29) is 0 Å². The smallest absolute Gasteiger partial charge is 0.144 e. The largest absolute Gasteiger partial charge is 0.456 e. The van der Waals surface area contributed by atoms with Gasteiger partial charge in [-0.2, -0.15) is 0 Å². The van der Waals surface area contributed by atoms with Gasteiger partial charge in [-0.1, -0.05) is 0 Å². The fraction of sp³-hybridized carbons (Fsp3) is 0. The van der Waals surface area contributed by atoms with E-state index in [1.54, 1.807) is 0 Å². The van der Waals surface area contributed by atoms with Crippen molar-refractivity contribution in [2.75, 3.05) is 5.73 Å². The monoisotopic (exact) mass is 224 g/mol. The molecule has 0 radical (unpaired) electrons. The number of nitrogens with zero attached hydrogens (tertiary/aromatic N) is 1. The van der Waals surface area contributed by atoms with E-state index >= 15 is 0 Å². The SMILES string of the molecule is Nc1ccc(Oc2ccc3cccn3c2)cc1. The lowest BCUT2D eigenvalue weighted by Gasteiger charge is -2.06. The van der Waals surface area contributed by atoms with Gasteiger partial charge in [-0.05, 0) is 48.5 Å². The minimum absolute atomic E-state index is 0.734. The van der Waals surface area contributed by atoms with Crippen molar-refractivity contribution in [3.8, 4) is 11.5 Å². The molecule has 0 amide bonds. The third-order valence-corrected chi connectivity index (χ3v) is 2.61. The summed E-state index contributed by atoms with van der Waals surface area (Å²) in [5, 5.41) is 0. The molecule has 0 saturated carbocycles. The molecular formula is C14H12N2O. The summed E-state index contributed by atoms with van der Waals surface area (Å²) in [4.78, 5) is 0. The molecule has 0 saturated heterocycles. The Balaban J connectivity index is 1.91. The number of rotatable bonds is 2. The van der Waals surface area contributed by atoms with Crippen molar-refractivity contribution in [3.05, 3.63) is 60.9 Å². The van der Waals surface area contributed by atoms with Crippen LogP contribution < -0.4 is 10.5 Å².